The maximum atomic E-state index is 5.21. The average Bonchev–Trinajstić information content (AvgIpc) is 3.39. The third kappa shape index (κ3) is 4.34. The third-order valence-electron chi connectivity index (χ3n) is 11.1. The van der Waals surface area contributed by atoms with Crippen LogP contribution in [-0.2, 0) is 0 Å². The van der Waals surface area contributed by atoms with E-state index in [-0.39, 0.29) is 0 Å². The molecule has 208 valence electrons. The number of allylic oxidation sites excluding steroid dienone is 4. The van der Waals surface area contributed by atoms with Crippen molar-refractivity contribution in [2.24, 2.45) is 34.5 Å². The van der Waals surface area contributed by atoms with Gasteiger partial charge in [-0.05, 0) is 108 Å². The maximum absolute atomic E-state index is 5.21. The molecule has 7 rings (SSSR count). The largest absolute Gasteiger partial charge is 0.292 e. The molecule has 0 N–H and O–H groups in total. The van der Waals surface area contributed by atoms with Crippen LogP contribution in [0.1, 0.15) is 91.7 Å². The Morgan fingerprint density at radius 1 is 0.750 bits per heavy atom. The Kier molecular flexibility index (Phi) is 6.26. The van der Waals surface area contributed by atoms with E-state index in [1.165, 1.54) is 78.7 Å². The van der Waals surface area contributed by atoms with Crippen molar-refractivity contribution in [2.75, 3.05) is 0 Å². The van der Waals surface area contributed by atoms with Crippen LogP contribution < -0.4 is 0 Å². The molecule has 0 spiro atoms. The molecule has 2 atom stereocenters. The highest BCUT2D eigenvalue weighted by Gasteiger charge is 2.40. The maximum Gasteiger partial charge on any atom is 0.145 e. The minimum Gasteiger partial charge on any atom is -0.292 e. The van der Waals surface area contributed by atoms with Crippen molar-refractivity contribution in [3.63, 3.8) is 0 Å². The second-order valence-corrected chi connectivity index (χ2v) is 14.9. The van der Waals surface area contributed by atoms with Crippen molar-refractivity contribution in [1.82, 2.24) is 9.38 Å². The van der Waals surface area contributed by atoms with Gasteiger partial charge < -0.3 is 0 Å². The van der Waals surface area contributed by atoms with Gasteiger partial charge in [0, 0.05) is 10.8 Å². The van der Waals surface area contributed by atoms with Crippen molar-refractivity contribution in [2.45, 2.75) is 86.0 Å². The number of benzene rings is 2. The molecule has 0 radical (unpaired) electrons. The Hall–Kier alpha value is -2.87. The zero-order valence-corrected chi connectivity index (χ0v) is 25.2. The number of imidazole rings is 1. The Morgan fingerprint density at radius 3 is 2.05 bits per heavy atom. The molecule has 2 aromatic carbocycles. The van der Waals surface area contributed by atoms with E-state index < -0.39 is 0 Å². The molecule has 0 saturated heterocycles. The first kappa shape index (κ1) is 26.1. The molecule has 2 fully saturated rings. The fourth-order valence-corrected chi connectivity index (χ4v) is 8.54. The van der Waals surface area contributed by atoms with Crippen molar-refractivity contribution < 1.29 is 0 Å². The van der Waals surface area contributed by atoms with Gasteiger partial charge in [0.15, 0.2) is 0 Å². The van der Waals surface area contributed by atoms with E-state index in [1.54, 1.807) is 11.1 Å². The van der Waals surface area contributed by atoms with Crippen molar-refractivity contribution in [1.29, 1.82) is 0 Å². The molecule has 0 aliphatic heterocycles. The van der Waals surface area contributed by atoms with Gasteiger partial charge in [-0.2, -0.15) is 0 Å². The normalized spacial score (nSPS) is 25.8. The fraction of sp³-hybridized carbons (Fsp3) is 0.500. The van der Waals surface area contributed by atoms with Gasteiger partial charge in [0.05, 0.1) is 17.4 Å². The van der Waals surface area contributed by atoms with Gasteiger partial charge in [-0.25, -0.2) is 4.98 Å². The molecule has 3 aliphatic carbocycles. The SMILES string of the molecule is CC1C=CC(C2CCC(C)(C)CC2)=C(c2cnc3c4ccccc4c4ccccc4n23)C1C1CCC(C)(C)CC1. The quantitative estimate of drug-likeness (QED) is 0.241. The Labute approximate surface area is 240 Å². The summed E-state index contributed by atoms with van der Waals surface area (Å²) in [5.74, 6) is 2.47. The second-order valence-electron chi connectivity index (χ2n) is 14.9. The highest BCUT2D eigenvalue weighted by atomic mass is 15.0. The summed E-state index contributed by atoms with van der Waals surface area (Å²) >= 11 is 0. The molecule has 40 heavy (non-hydrogen) atoms. The zero-order chi connectivity index (χ0) is 27.6. The number of rotatable bonds is 3. The molecule has 2 nitrogen and oxygen atoms in total. The first-order valence-corrected chi connectivity index (χ1v) is 15.9. The topological polar surface area (TPSA) is 17.3 Å². The summed E-state index contributed by atoms with van der Waals surface area (Å²) in [4.78, 5) is 5.21. The minimum atomic E-state index is 0.468. The monoisotopic (exact) mass is 530 g/mol. The summed E-state index contributed by atoms with van der Waals surface area (Å²) in [7, 11) is 0. The van der Waals surface area contributed by atoms with Crippen LogP contribution in [-0.4, -0.2) is 9.38 Å². The molecule has 2 saturated carbocycles. The van der Waals surface area contributed by atoms with Crippen molar-refractivity contribution in [3.05, 3.63) is 78.1 Å². The Morgan fingerprint density at radius 2 is 1.35 bits per heavy atom. The lowest BCUT2D eigenvalue weighted by Crippen LogP contribution is -2.32. The molecule has 2 heteroatoms. The van der Waals surface area contributed by atoms with Crippen LogP contribution >= 0.6 is 0 Å². The van der Waals surface area contributed by atoms with E-state index in [2.05, 4.69) is 106 Å². The average molecular weight is 531 g/mol. The lowest BCUT2D eigenvalue weighted by Gasteiger charge is -2.44. The summed E-state index contributed by atoms with van der Waals surface area (Å²) in [5, 5.41) is 3.88. The predicted octanol–water partition coefficient (Wildman–Crippen LogP) is 10.6. The standard InChI is InChI=1S/C38H46N2/c1-25-14-15-28(26-16-20-37(2,3)21-17-26)35(34(25)27-18-22-38(4,5)23-19-27)33-24-39-36-31-12-7-6-10-29(31)30-11-8-9-13-32(30)40(33)36/h6-15,24-27,34H,16-23H2,1-5H3. The van der Waals surface area contributed by atoms with Gasteiger partial charge >= 0.3 is 0 Å². The zero-order valence-electron chi connectivity index (χ0n) is 25.2. The summed E-state index contributed by atoms with van der Waals surface area (Å²) < 4.78 is 2.53. The summed E-state index contributed by atoms with van der Waals surface area (Å²) in [5.41, 5.74) is 7.93. The van der Waals surface area contributed by atoms with Crippen molar-refractivity contribution in [3.8, 4) is 0 Å². The first-order valence-electron chi connectivity index (χ1n) is 15.9. The van der Waals surface area contributed by atoms with Crippen LogP contribution in [0.5, 0.6) is 0 Å². The van der Waals surface area contributed by atoms with Gasteiger partial charge in [-0.15, -0.1) is 0 Å². The number of para-hydroxylation sites is 1. The number of fused-ring (bicyclic) bond motifs is 6. The lowest BCUT2D eigenvalue weighted by atomic mass is 9.61. The van der Waals surface area contributed by atoms with E-state index in [0.29, 0.717) is 28.6 Å². The van der Waals surface area contributed by atoms with Crippen LogP contribution in [0.2, 0.25) is 0 Å². The van der Waals surface area contributed by atoms with Crippen LogP contribution in [0.3, 0.4) is 0 Å². The Balaban J connectivity index is 1.48. The fourth-order valence-electron chi connectivity index (χ4n) is 8.54. The van der Waals surface area contributed by atoms with Gasteiger partial charge in [-0.3, -0.25) is 4.40 Å². The summed E-state index contributed by atoms with van der Waals surface area (Å²) in [6.45, 7) is 12.4. The Bertz CT molecular complexity index is 1620. The van der Waals surface area contributed by atoms with Crippen LogP contribution in [0.15, 0.2) is 72.5 Å². The number of hydrogen-bond acceptors (Lipinski definition) is 1. The van der Waals surface area contributed by atoms with Gasteiger partial charge in [0.2, 0.25) is 0 Å². The van der Waals surface area contributed by atoms with E-state index in [9.17, 15) is 0 Å². The molecule has 2 aromatic heterocycles. The van der Waals surface area contributed by atoms with Gasteiger partial charge in [0.1, 0.15) is 5.65 Å². The predicted molar refractivity (Wildman–Crippen MR) is 170 cm³/mol. The number of nitrogens with zero attached hydrogens (tertiary/aromatic N) is 2. The van der Waals surface area contributed by atoms with Crippen molar-refractivity contribution >= 4 is 32.9 Å². The molecule has 2 unspecified atom stereocenters. The van der Waals surface area contributed by atoms with Crippen LogP contribution in [0.25, 0.3) is 32.9 Å². The molecule has 0 amide bonds. The number of hydrogen-bond donors (Lipinski definition) is 0. The highest BCUT2D eigenvalue weighted by Crippen LogP contribution is 2.52. The third-order valence-corrected chi connectivity index (χ3v) is 11.1. The van der Waals surface area contributed by atoms with Crippen LogP contribution in [0, 0.1) is 34.5 Å². The smallest absolute Gasteiger partial charge is 0.145 e. The summed E-state index contributed by atoms with van der Waals surface area (Å²) in [6.07, 6.45) is 18.0. The highest BCUT2D eigenvalue weighted by molar-refractivity contribution is 6.12. The molecule has 0 bridgehead atoms. The van der Waals surface area contributed by atoms with Gasteiger partial charge in [-0.1, -0.05) is 89.2 Å². The van der Waals surface area contributed by atoms with E-state index in [0.717, 1.165) is 11.6 Å². The number of aromatic nitrogens is 2. The van der Waals surface area contributed by atoms with E-state index in [1.807, 2.05) is 0 Å². The lowest BCUT2D eigenvalue weighted by molar-refractivity contribution is 0.153. The second kappa shape index (κ2) is 9.61. The molecular weight excluding hydrogens is 484 g/mol. The molecule has 4 aromatic rings. The molecule has 3 aliphatic rings. The van der Waals surface area contributed by atoms with Gasteiger partial charge in [0.25, 0.3) is 0 Å². The van der Waals surface area contributed by atoms with E-state index in [4.69, 9.17) is 4.98 Å². The minimum absolute atomic E-state index is 0.468. The van der Waals surface area contributed by atoms with E-state index >= 15 is 0 Å². The molecular formula is C38H46N2. The number of pyridine rings is 1. The summed E-state index contributed by atoms with van der Waals surface area (Å²) in [6, 6.07) is 17.8. The first-order chi connectivity index (χ1) is 19.2. The van der Waals surface area contributed by atoms with Crippen LogP contribution in [0.4, 0.5) is 0 Å². The molecule has 2 heterocycles.